The summed E-state index contributed by atoms with van der Waals surface area (Å²) in [4.78, 5) is 24.7. The Kier molecular flexibility index (Phi) is 7.58. The normalized spacial score (nSPS) is 14.3. The van der Waals surface area contributed by atoms with E-state index in [1.807, 2.05) is 12.1 Å². The predicted octanol–water partition coefficient (Wildman–Crippen LogP) is 3.78. The second kappa shape index (κ2) is 10.6. The molecule has 0 atom stereocenters. The van der Waals surface area contributed by atoms with E-state index in [2.05, 4.69) is 22.3 Å². The SMILES string of the molecule is O=C(NCCCOc1cccc(CN2CCCCC2)c1)c1ccc([N+](=O)[O-])cc1. The number of hydrogen-bond acceptors (Lipinski definition) is 5. The highest BCUT2D eigenvalue weighted by Gasteiger charge is 2.11. The van der Waals surface area contributed by atoms with Crippen LogP contribution in [0.1, 0.15) is 41.6 Å². The molecule has 1 saturated heterocycles. The van der Waals surface area contributed by atoms with Gasteiger partial charge in [-0.15, -0.1) is 0 Å². The first-order valence-electron chi connectivity index (χ1n) is 10.1. The van der Waals surface area contributed by atoms with Crippen LogP contribution >= 0.6 is 0 Å². The number of nitrogens with one attached hydrogen (secondary N) is 1. The summed E-state index contributed by atoms with van der Waals surface area (Å²) < 4.78 is 5.82. The largest absolute Gasteiger partial charge is 0.494 e. The molecule has 1 heterocycles. The van der Waals surface area contributed by atoms with E-state index in [-0.39, 0.29) is 11.6 Å². The van der Waals surface area contributed by atoms with Crippen LogP contribution in [-0.4, -0.2) is 42.0 Å². The topological polar surface area (TPSA) is 84.7 Å². The number of nitro benzene ring substituents is 1. The summed E-state index contributed by atoms with van der Waals surface area (Å²) in [5.74, 6) is 0.602. The van der Waals surface area contributed by atoms with Gasteiger partial charge in [-0.25, -0.2) is 0 Å². The minimum Gasteiger partial charge on any atom is -0.494 e. The van der Waals surface area contributed by atoms with Crippen LogP contribution in [-0.2, 0) is 6.54 Å². The van der Waals surface area contributed by atoms with Gasteiger partial charge in [0.05, 0.1) is 11.5 Å². The number of likely N-dealkylation sites (tertiary alicyclic amines) is 1. The molecule has 7 heteroatoms. The smallest absolute Gasteiger partial charge is 0.269 e. The highest BCUT2D eigenvalue weighted by molar-refractivity contribution is 5.94. The van der Waals surface area contributed by atoms with Gasteiger partial charge in [-0.3, -0.25) is 19.8 Å². The fraction of sp³-hybridized carbons (Fsp3) is 0.409. The Balaban J connectivity index is 1.37. The van der Waals surface area contributed by atoms with Crippen LogP contribution in [0.25, 0.3) is 0 Å². The molecule has 0 radical (unpaired) electrons. The summed E-state index contributed by atoms with van der Waals surface area (Å²) in [7, 11) is 0. The Morgan fingerprint density at radius 3 is 2.59 bits per heavy atom. The van der Waals surface area contributed by atoms with Crippen LogP contribution < -0.4 is 10.1 Å². The summed E-state index contributed by atoms with van der Waals surface area (Å²) in [6.45, 7) is 4.28. The number of nitrogens with zero attached hydrogens (tertiary/aromatic N) is 2. The fourth-order valence-corrected chi connectivity index (χ4v) is 3.41. The van der Waals surface area contributed by atoms with Crippen molar-refractivity contribution in [3.8, 4) is 5.75 Å². The molecule has 0 aliphatic carbocycles. The quantitative estimate of drug-likeness (QED) is 0.395. The first-order chi connectivity index (χ1) is 14.1. The van der Waals surface area contributed by atoms with Crippen molar-refractivity contribution >= 4 is 11.6 Å². The molecule has 1 fully saturated rings. The van der Waals surface area contributed by atoms with Crippen LogP contribution in [0.3, 0.4) is 0 Å². The van der Waals surface area contributed by atoms with Crippen molar-refractivity contribution in [3.63, 3.8) is 0 Å². The molecule has 154 valence electrons. The van der Waals surface area contributed by atoms with E-state index in [4.69, 9.17) is 4.74 Å². The molecule has 3 rings (SSSR count). The number of ether oxygens (including phenoxy) is 1. The molecule has 0 saturated carbocycles. The van der Waals surface area contributed by atoms with Crippen molar-refractivity contribution in [2.75, 3.05) is 26.2 Å². The van der Waals surface area contributed by atoms with E-state index in [9.17, 15) is 14.9 Å². The third kappa shape index (κ3) is 6.57. The molecule has 0 spiro atoms. The van der Waals surface area contributed by atoms with E-state index >= 15 is 0 Å². The first-order valence-corrected chi connectivity index (χ1v) is 10.1. The van der Waals surface area contributed by atoms with Crippen molar-refractivity contribution in [2.45, 2.75) is 32.2 Å². The number of amides is 1. The van der Waals surface area contributed by atoms with Gasteiger partial charge in [-0.1, -0.05) is 18.6 Å². The lowest BCUT2D eigenvalue weighted by molar-refractivity contribution is -0.384. The van der Waals surface area contributed by atoms with Crippen molar-refractivity contribution in [3.05, 3.63) is 69.8 Å². The maximum absolute atomic E-state index is 12.1. The van der Waals surface area contributed by atoms with Crippen molar-refractivity contribution in [2.24, 2.45) is 0 Å². The minimum absolute atomic E-state index is 0.0301. The summed E-state index contributed by atoms with van der Waals surface area (Å²) in [6.07, 6.45) is 4.57. The second-order valence-corrected chi connectivity index (χ2v) is 7.25. The molecule has 1 amide bonds. The number of hydrogen-bond donors (Lipinski definition) is 1. The molecule has 2 aromatic rings. The van der Waals surface area contributed by atoms with Gasteiger partial charge < -0.3 is 10.1 Å². The van der Waals surface area contributed by atoms with Crippen LogP contribution in [0.15, 0.2) is 48.5 Å². The van der Waals surface area contributed by atoms with Crippen LogP contribution in [0.4, 0.5) is 5.69 Å². The Bertz CT molecular complexity index is 817. The van der Waals surface area contributed by atoms with Gasteiger partial charge in [-0.05, 0) is 62.2 Å². The number of carbonyl (C=O) groups is 1. The first kappa shape index (κ1) is 20.8. The van der Waals surface area contributed by atoms with Crippen molar-refractivity contribution < 1.29 is 14.5 Å². The van der Waals surface area contributed by atoms with Gasteiger partial charge in [0.1, 0.15) is 5.75 Å². The predicted molar refractivity (Wildman–Crippen MR) is 111 cm³/mol. The van der Waals surface area contributed by atoms with Crippen LogP contribution in [0.2, 0.25) is 0 Å². The highest BCUT2D eigenvalue weighted by Crippen LogP contribution is 2.18. The molecular formula is C22H27N3O4. The number of benzene rings is 2. The number of piperidine rings is 1. The maximum atomic E-state index is 12.1. The molecule has 2 aromatic carbocycles. The van der Waals surface area contributed by atoms with Gasteiger partial charge in [0, 0.05) is 30.8 Å². The number of rotatable bonds is 9. The Hall–Kier alpha value is -2.93. The summed E-state index contributed by atoms with van der Waals surface area (Å²) in [5.41, 5.74) is 1.63. The number of nitro groups is 1. The second-order valence-electron chi connectivity index (χ2n) is 7.25. The van der Waals surface area contributed by atoms with E-state index in [0.717, 1.165) is 12.3 Å². The molecule has 1 aliphatic heterocycles. The fourth-order valence-electron chi connectivity index (χ4n) is 3.41. The highest BCUT2D eigenvalue weighted by atomic mass is 16.6. The van der Waals surface area contributed by atoms with Gasteiger partial charge >= 0.3 is 0 Å². The molecule has 0 aromatic heterocycles. The zero-order chi connectivity index (χ0) is 20.5. The molecule has 29 heavy (non-hydrogen) atoms. The zero-order valence-electron chi connectivity index (χ0n) is 16.5. The minimum atomic E-state index is -0.486. The summed E-state index contributed by atoms with van der Waals surface area (Å²) >= 11 is 0. The third-order valence-corrected chi connectivity index (χ3v) is 4.97. The van der Waals surface area contributed by atoms with Gasteiger partial charge in [0.15, 0.2) is 0 Å². The zero-order valence-corrected chi connectivity index (χ0v) is 16.5. The van der Waals surface area contributed by atoms with Gasteiger partial charge in [0.25, 0.3) is 11.6 Å². The molecule has 7 nitrogen and oxygen atoms in total. The van der Waals surface area contributed by atoms with E-state index in [0.29, 0.717) is 25.1 Å². The Morgan fingerprint density at radius 2 is 1.86 bits per heavy atom. The van der Waals surface area contributed by atoms with E-state index < -0.39 is 4.92 Å². The van der Waals surface area contributed by atoms with Gasteiger partial charge in [-0.2, -0.15) is 0 Å². The van der Waals surface area contributed by atoms with E-state index in [1.54, 1.807) is 0 Å². The number of carbonyl (C=O) groups excluding carboxylic acids is 1. The third-order valence-electron chi connectivity index (χ3n) is 4.97. The molecule has 1 aliphatic rings. The maximum Gasteiger partial charge on any atom is 0.269 e. The monoisotopic (exact) mass is 397 g/mol. The molecule has 0 bridgehead atoms. The molecular weight excluding hydrogens is 370 g/mol. The Labute approximate surface area is 170 Å². The summed E-state index contributed by atoms with van der Waals surface area (Å²) in [5, 5.41) is 13.5. The van der Waals surface area contributed by atoms with E-state index in [1.165, 1.54) is 62.2 Å². The van der Waals surface area contributed by atoms with Crippen LogP contribution in [0.5, 0.6) is 5.75 Å². The lowest BCUT2D eigenvalue weighted by Gasteiger charge is -2.26. The molecule has 1 N–H and O–H groups in total. The Morgan fingerprint density at radius 1 is 1.10 bits per heavy atom. The van der Waals surface area contributed by atoms with Crippen molar-refractivity contribution in [1.82, 2.24) is 10.2 Å². The molecule has 0 unspecified atom stereocenters. The standard InChI is InChI=1S/C22H27N3O4/c26-22(19-8-10-20(11-9-19)25(27)28)23-12-5-15-29-21-7-4-6-18(16-21)17-24-13-2-1-3-14-24/h4,6-11,16H,1-3,5,12-15,17H2,(H,23,26). The lowest BCUT2D eigenvalue weighted by Crippen LogP contribution is -2.29. The van der Waals surface area contributed by atoms with Crippen LogP contribution in [0, 0.1) is 10.1 Å². The van der Waals surface area contributed by atoms with Crippen molar-refractivity contribution in [1.29, 1.82) is 0 Å². The summed E-state index contributed by atoms with van der Waals surface area (Å²) in [6, 6.07) is 13.8. The lowest BCUT2D eigenvalue weighted by atomic mass is 10.1. The average molecular weight is 397 g/mol. The average Bonchev–Trinajstić information content (AvgIpc) is 2.74. The number of non-ortho nitro benzene ring substituents is 1. The van der Waals surface area contributed by atoms with Gasteiger partial charge in [0.2, 0.25) is 0 Å².